The van der Waals surface area contributed by atoms with Gasteiger partial charge in [0.25, 0.3) is 5.91 Å². The van der Waals surface area contributed by atoms with Crippen molar-refractivity contribution in [3.05, 3.63) is 143 Å². The number of amides is 2. The molecular formula is C36H34ClN3O2. The van der Waals surface area contributed by atoms with Crippen molar-refractivity contribution in [2.75, 3.05) is 19.6 Å². The number of fused-ring (bicyclic) bond motifs is 1. The maximum Gasteiger partial charge on any atom is 0.251 e. The van der Waals surface area contributed by atoms with E-state index < -0.39 is 0 Å². The molecule has 0 aliphatic heterocycles. The molecule has 5 nitrogen and oxygen atoms in total. The molecule has 5 aromatic carbocycles. The molecule has 0 unspecified atom stereocenters. The van der Waals surface area contributed by atoms with E-state index in [0.717, 1.165) is 38.6 Å². The van der Waals surface area contributed by atoms with Crippen molar-refractivity contribution in [3.8, 4) is 11.1 Å². The second kappa shape index (κ2) is 13.9. The minimum Gasteiger partial charge on any atom is -0.351 e. The van der Waals surface area contributed by atoms with Gasteiger partial charge in [0.1, 0.15) is 0 Å². The van der Waals surface area contributed by atoms with E-state index in [1.807, 2.05) is 89.8 Å². The van der Waals surface area contributed by atoms with E-state index in [0.29, 0.717) is 49.6 Å². The predicted octanol–water partition coefficient (Wildman–Crippen LogP) is 6.66. The minimum absolute atomic E-state index is 0.0613. The molecule has 0 atom stereocenters. The number of benzene rings is 5. The number of nitrogens with two attached hydrogens (primary N) is 1. The highest BCUT2D eigenvalue weighted by Gasteiger charge is 2.17. The van der Waals surface area contributed by atoms with Gasteiger partial charge in [0, 0.05) is 36.8 Å². The maximum absolute atomic E-state index is 13.8. The van der Waals surface area contributed by atoms with Crippen LogP contribution in [0.1, 0.15) is 27.0 Å². The monoisotopic (exact) mass is 575 g/mol. The Morgan fingerprint density at radius 3 is 2.29 bits per heavy atom. The summed E-state index contributed by atoms with van der Waals surface area (Å²) in [7, 11) is 0. The number of carbonyl (C=O) groups is 2. The van der Waals surface area contributed by atoms with E-state index in [-0.39, 0.29) is 11.8 Å². The molecule has 0 fully saturated rings. The third kappa shape index (κ3) is 7.43. The average Bonchev–Trinajstić information content (AvgIpc) is 3.02. The Morgan fingerprint density at radius 2 is 1.48 bits per heavy atom. The Hall–Kier alpha value is -4.45. The molecule has 0 radical (unpaired) electrons. The summed E-state index contributed by atoms with van der Waals surface area (Å²) in [5.41, 5.74) is 11.0. The molecule has 0 aliphatic carbocycles. The summed E-state index contributed by atoms with van der Waals surface area (Å²) in [4.78, 5) is 28.5. The quantitative estimate of drug-likeness (QED) is 0.185. The number of nitrogens with zero attached hydrogens (tertiary/aromatic N) is 1. The highest BCUT2D eigenvalue weighted by molar-refractivity contribution is 6.30. The summed E-state index contributed by atoms with van der Waals surface area (Å²) in [6, 6.07) is 37.7. The van der Waals surface area contributed by atoms with Gasteiger partial charge in [0.05, 0.1) is 6.42 Å². The standard InChI is InChI=1S/C36H34ClN3O2/c37-32-16-13-26(14-17-32)18-21-40(35(41)24-27-12-15-29-7-1-2-8-30(29)22-27)25-28-6-5-9-31(23-28)33-10-3-4-11-34(33)36(42)39-20-19-38/h1-17,22-23H,18-21,24-25,38H2,(H,39,42). The van der Waals surface area contributed by atoms with Crippen molar-refractivity contribution in [3.63, 3.8) is 0 Å². The van der Waals surface area contributed by atoms with Gasteiger partial charge in [-0.3, -0.25) is 9.59 Å². The van der Waals surface area contributed by atoms with Crippen LogP contribution in [0.2, 0.25) is 5.02 Å². The number of carbonyl (C=O) groups excluding carboxylic acids is 2. The van der Waals surface area contributed by atoms with Crippen LogP contribution < -0.4 is 11.1 Å². The van der Waals surface area contributed by atoms with E-state index in [9.17, 15) is 9.59 Å². The van der Waals surface area contributed by atoms with Crippen molar-refractivity contribution in [2.45, 2.75) is 19.4 Å². The third-order valence-electron chi connectivity index (χ3n) is 7.32. The lowest BCUT2D eigenvalue weighted by Gasteiger charge is -2.24. The fraction of sp³-hybridized carbons (Fsp3) is 0.167. The van der Waals surface area contributed by atoms with Crippen LogP contribution >= 0.6 is 11.6 Å². The number of rotatable bonds is 11. The number of hydrogen-bond acceptors (Lipinski definition) is 3. The zero-order chi connectivity index (χ0) is 29.3. The molecule has 0 saturated heterocycles. The summed E-state index contributed by atoms with van der Waals surface area (Å²) < 4.78 is 0. The van der Waals surface area contributed by atoms with Crippen LogP contribution in [0.3, 0.4) is 0 Å². The van der Waals surface area contributed by atoms with Gasteiger partial charge in [-0.15, -0.1) is 0 Å². The summed E-state index contributed by atoms with van der Waals surface area (Å²) >= 11 is 6.09. The Morgan fingerprint density at radius 1 is 0.738 bits per heavy atom. The zero-order valence-electron chi connectivity index (χ0n) is 23.4. The van der Waals surface area contributed by atoms with Gasteiger partial charge < -0.3 is 16.0 Å². The molecule has 5 rings (SSSR count). The summed E-state index contributed by atoms with van der Waals surface area (Å²) in [5, 5.41) is 5.83. The summed E-state index contributed by atoms with van der Waals surface area (Å²) in [6.07, 6.45) is 1.03. The Balaban J connectivity index is 1.39. The molecule has 6 heteroatoms. The fourth-order valence-electron chi connectivity index (χ4n) is 5.11. The van der Waals surface area contributed by atoms with Crippen molar-refractivity contribution in [2.24, 2.45) is 5.73 Å². The molecule has 42 heavy (non-hydrogen) atoms. The lowest BCUT2D eigenvalue weighted by Crippen LogP contribution is -2.33. The Labute approximate surface area is 251 Å². The van der Waals surface area contributed by atoms with Crippen molar-refractivity contribution in [1.29, 1.82) is 0 Å². The summed E-state index contributed by atoms with van der Waals surface area (Å²) in [5.74, 6) is -0.0946. The van der Waals surface area contributed by atoms with Gasteiger partial charge in [0.15, 0.2) is 0 Å². The van der Waals surface area contributed by atoms with Crippen LogP contribution in [0.25, 0.3) is 21.9 Å². The first-order valence-electron chi connectivity index (χ1n) is 14.2. The van der Waals surface area contributed by atoms with Crippen LogP contribution in [0.15, 0.2) is 115 Å². The van der Waals surface area contributed by atoms with Crippen LogP contribution in [-0.2, 0) is 24.2 Å². The molecular weight excluding hydrogens is 542 g/mol. The molecule has 3 N–H and O–H groups in total. The van der Waals surface area contributed by atoms with E-state index in [1.165, 1.54) is 0 Å². The fourth-order valence-corrected chi connectivity index (χ4v) is 5.24. The van der Waals surface area contributed by atoms with Crippen molar-refractivity contribution >= 4 is 34.2 Å². The first-order valence-corrected chi connectivity index (χ1v) is 14.5. The normalized spacial score (nSPS) is 10.9. The molecule has 2 amide bonds. The molecule has 5 aromatic rings. The molecule has 0 aromatic heterocycles. The minimum atomic E-state index is -0.156. The Kier molecular flexibility index (Phi) is 9.65. The molecule has 0 spiro atoms. The molecule has 212 valence electrons. The van der Waals surface area contributed by atoms with E-state index in [2.05, 4.69) is 35.6 Å². The second-order valence-corrected chi connectivity index (χ2v) is 10.8. The highest BCUT2D eigenvalue weighted by atomic mass is 35.5. The molecule has 0 heterocycles. The largest absolute Gasteiger partial charge is 0.351 e. The van der Waals surface area contributed by atoms with Crippen LogP contribution in [0.5, 0.6) is 0 Å². The smallest absolute Gasteiger partial charge is 0.251 e. The van der Waals surface area contributed by atoms with Crippen LogP contribution in [-0.4, -0.2) is 36.3 Å². The zero-order valence-corrected chi connectivity index (χ0v) is 24.2. The number of halogens is 1. The van der Waals surface area contributed by atoms with Gasteiger partial charge in [-0.05, 0) is 69.3 Å². The second-order valence-electron chi connectivity index (χ2n) is 10.3. The summed E-state index contributed by atoms with van der Waals surface area (Å²) in [6.45, 7) is 1.81. The maximum atomic E-state index is 13.8. The number of nitrogens with one attached hydrogen (secondary N) is 1. The first kappa shape index (κ1) is 29.1. The van der Waals surface area contributed by atoms with E-state index >= 15 is 0 Å². The molecule has 0 aliphatic rings. The van der Waals surface area contributed by atoms with Crippen LogP contribution in [0.4, 0.5) is 0 Å². The number of hydrogen-bond donors (Lipinski definition) is 2. The lowest BCUT2D eigenvalue weighted by atomic mass is 9.97. The average molecular weight is 576 g/mol. The lowest BCUT2D eigenvalue weighted by molar-refractivity contribution is -0.131. The van der Waals surface area contributed by atoms with E-state index in [4.69, 9.17) is 17.3 Å². The van der Waals surface area contributed by atoms with Gasteiger partial charge in [-0.25, -0.2) is 0 Å². The van der Waals surface area contributed by atoms with Crippen molar-refractivity contribution in [1.82, 2.24) is 10.2 Å². The van der Waals surface area contributed by atoms with Crippen LogP contribution in [0, 0.1) is 0 Å². The molecule has 0 saturated carbocycles. The highest BCUT2D eigenvalue weighted by Crippen LogP contribution is 2.26. The van der Waals surface area contributed by atoms with Gasteiger partial charge >= 0.3 is 0 Å². The Bertz CT molecular complexity index is 1680. The topological polar surface area (TPSA) is 75.4 Å². The predicted molar refractivity (Wildman–Crippen MR) is 171 cm³/mol. The van der Waals surface area contributed by atoms with Gasteiger partial charge in [-0.1, -0.05) is 103 Å². The first-order chi connectivity index (χ1) is 20.5. The van der Waals surface area contributed by atoms with Gasteiger partial charge in [0.2, 0.25) is 5.91 Å². The molecule has 0 bridgehead atoms. The van der Waals surface area contributed by atoms with Gasteiger partial charge in [-0.2, -0.15) is 0 Å². The SMILES string of the molecule is NCCNC(=O)c1ccccc1-c1cccc(CN(CCc2ccc(Cl)cc2)C(=O)Cc2ccc3ccccc3c2)c1. The third-order valence-corrected chi connectivity index (χ3v) is 7.57. The van der Waals surface area contributed by atoms with Crippen molar-refractivity contribution < 1.29 is 9.59 Å². The van der Waals surface area contributed by atoms with E-state index in [1.54, 1.807) is 0 Å².